The molecule has 0 saturated carbocycles. The third-order valence-electron chi connectivity index (χ3n) is 5.21. The van der Waals surface area contributed by atoms with Gasteiger partial charge in [0.2, 0.25) is 15.9 Å². The molecular formula is C21H22N4O4S. The van der Waals surface area contributed by atoms with Crippen LogP contribution in [0.1, 0.15) is 12.0 Å². The van der Waals surface area contributed by atoms with Gasteiger partial charge in [-0.05, 0) is 42.1 Å². The second-order valence-corrected chi connectivity index (χ2v) is 8.83. The van der Waals surface area contributed by atoms with Crippen molar-refractivity contribution in [3.05, 3.63) is 60.3 Å². The minimum absolute atomic E-state index is 0.135. The van der Waals surface area contributed by atoms with Crippen LogP contribution in [0.4, 0.5) is 5.82 Å². The molecule has 1 aliphatic rings. The second kappa shape index (κ2) is 7.92. The Bertz CT molecular complexity index is 1200. The summed E-state index contributed by atoms with van der Waals surface area (Å²) in [6.07, 6.45) is 2.02. The van der Waals surface area contributed by atoms with Crippen molar-refractivity contribution in [1.29, 1.82) is 0 Å². The summed E-state index contributed by atoms with van der Waals surface area (Å²) in [5.74, 6) is 0.766. The van der Waals surface area contributed by atoms with Crippen molar-refractivity contribution < 1.29 is 17.9 Å². The van der Waals surface area contributed by atoms with Crippen LogP contribution in [0.15, 0.2) is 59.6 Å². The predicted molar refractivity (Wildman–Crippen MR) is 113 cm³/mol. The van der Waals surface area contributed by atoms with Crippen LogP contribution in [-0.2, 0) is 21.4 Å². The Morgan fingerprint density at radius 1 is 1.23 bits per heavy atom. The molecule has 156 valence electrons. The minimum Gasteiger partial charge on any atom is -0.496 e. The van der Waals surface area contributed by atoms with E-state index < -0.39 is 16.1 Å². The Kier molecular flexibility index (Phi) is 5.31. The number of likely N-dealkylation sites (tertiary alicyclic amines) is 1. The molecule has 0 unspecified atom stereocenters. The highest BCUT2D eigenvalue weighted by molar-refractivity contribution is 7.89. The van der Waals surface area contributed by atoms with Gasteiger partial charge in [-0.25, -0.2) is 13.4 Å². The van der Waals surface area contributed by atoms with Gasteiger partial charge in [-0.15, -0.1) is 0 Å². The average molecular weight is 426 g/mol. The lowest BCUT2D eigenvalue weighted by Crippen LogP contribution is -2.41. The number of benzene rings is 2. The number of pyridine rings is 1. The average Bonchev–Trinajstić information content (AvgIpc) is 3.07. The van der Waals surface area contributed by atoms with Gasteiger partial charge >= 0.3 is 0 Å². The van der Waals surface area contributed by atoms with E-state index >= 15 is 0 Å². The van der Waals surface area contributed by atoms with E-state index in [1.165, 1.54) is 12.1 Å². The summed E-state index contributed by atoms with van der Waals surface area (Å²) in [6, 6.07) is 12.8. The van der Waals surface area contributed by atoms with Crippen molar-refractivity contribution in [2.24, 2.45) is 0 Å². The number of amides is 1. The van der Waals surface area contributed by atoms with Crippen molar-refractivity contribution in [3.8, 4) is 5.75 Å². The number of nitrogens with one attached hydrogen (secondary N) is 1. The van der Waals surface area contributed by atoms with Crippen LogP contribution in [0.2, 0.25) is 0 Å². The first-order chi connectivity index (χ1) is 14.4. The van der Waals surface area contributed by atoms with Gasteiger partial charge in [0, 0.05) is 30.2 Å². The highest BCUT2D eigenvalue weighted by Gasteiger charge is 2.35. The second-order valence-electron chi connectivity index (χ2n) is 7.12. The monoisotopic (exact) mass is 426 g/mol. The van der Waals surface area contributed by atoms with Crippen LogP contribution >= 0.6 is 0 Å². The number of methoxy groups -OCH3 is 1. The maximum absolute atomic E-state index is 12.9. The largest absolute Gasteiger partial charge is 0.496 e. The Morgan fingerprint density at radius 2 is 2.00 bits per heavy atom. The van der Waals surface area contributed by atoms with Gasteiger partial charge in [-0.2, -0.15) is 4.72 Å². The minimum atomic E-state index is -3.77. The number of rotatable bonds is 6. The van der Waals surface area contributed by atoms with Gasteiger partial charge < -0.3 is 15.4 Å². The van der Waals surface area contributed by atoms with Crippen LogP contribution < -0.4 is 15.2 Å². The fourth-order valence-electron chi connectivity index (χ4n) is 3.65. The van der Waals surface area contributed by atoms with E-state index in [2.05, 4.69) is 9.71 Å². The first-order valence-electron chi connectivity index (χ1n) is 9.46. The van der Waals surface area contributed by atoms with Gasteiger partial charge in [0.05, 0.1) is 12.0 Å². The van der Waals surface area contributed by atoms with Gasteiger partial charge in [-0.3, -0.25) is 4.79 Å². The van der Waals surface area contributed by atoms with Crippen molar-refractivity contribution in [2.45, 2.75) is 23.9 Å². The van der Waals surface area contributed by atoms with Crippen LogP contribution in [0.25, 0.3) is 10.8 Å². The van der Waals surface area contributed by atoms with E-state index in [9.17, 15) is 13.2 Å². The molecule has 3 N–H and O–H groups in total. The number of sulfonamides is 1. The number of nitrogens with two attached hydrogens (primary N) is 1. The molecule has 1 saturated heterocycles. The quantitative estimate of drug-likeness (QED) is 0.622. The van der Waals surface area contributed by atoms with Gasteiger partial charge in [0.1, 0.15) is 17.6 Å². The highest BCUT2D eigenvalue weighted by atomic mass is 32.2. The van der Waals surface area contributed by atoms with E-state index in [0.717, 1.165) is 16.3 Å². The number of fused-ring (bicyclic) bond motifs is 1. The van der Waals surface area contributed by atoms with Crippen molar-refractivity contribution in [1.82, 2.24) is 14.6 Å². The van der Waals surface area contributed by atoms with Crippen LogP contribution in [0.3, 0.4) is 0 Å². The van der Waals surface area contributed by atoms with E-state index in [1.807, 2.05) is 18.2 Å². The lowest BCUT2D eigenvalue weighted by molar-refractivity contribution is -0.129. The number of nitrogens with zero attached hydrogens (tertiary/aromatic N) is 2. The third kappa shape index (κ3) is 3.81. The Balaban J connectivity index is 1.54. The van der Waals surface area contributed by atoms with Gasteiger partial charge in [0.15, 0.2) is 0 Å². The zero-order valence-corrected chi connectivity index (χ0v) is 17.2. The standard InChI is InChI=1S/C21H22N4O4S/c1-29-19-12-14-7-9-23-20(22)17(14)11-15(19)13-25-10-8-18(21(25)26)24-30(27,28)16-5-3-2-4-6-16/h2-7,9,11-12,18,24H,8,10,13H2,1H3,(H2,22,23)/t18-/m0/s1. The number of hydrogen-bond donors (Lipinski definition) is 2. The molecule has 1 aliphatic heterocycles. The van der Waals surface area contributed by atoms with E-state index in [1.54, 1.807) is 36.4 Å². The molecule has 30 heavy (non-hydrogen) atoms. The summed E-state index contributed by atoms with van der Waals surface area (Å²) in [7, 11) is -2.20. The molecule has 1 amide bonds. The molecule has 2 aromatic carbocycles. The fraction of sp³-hybridized carbons (Fsp3) is 0.238. The molecule has 4 rings (SSSR count). The SMILES string of the molecule is COc1cc2ccnc(N)c2cc1CN1CC[C@H](NS(=O)(=O)c2ccccc2)C1=O. The smallest absolute Gasteiger partial charge is 0.241 e. The zero-order valence-electron chi connectivity index (χ0n) is 16.4. The predicted octanol–water partition coefficient (Wildman–Crippen LogP) is 1.91. The van der Waals surface area contributed by atoms with Gasteiger partial charge in [0.25, 0.3) is 0 Å². The summed E-state index contributed by atoms with van der Waals surface area (Å²) in [5, 5.41) is 1.67. The first kappa shape index (κ1) is 20.1. The molecule has 2 heterocycles. The van der Waals surface area contributed by atoms with Gasteiger partial charge in [-0.1, -0.05) is 18.2 Å². The fourth-order valence-corrected chi connectivity index (χ4v) is 4.89. The topological polar surface area (TPSA) is 115 Å². The molecule has 8 nitrogen and oxygen atoms in total. The van der Waals surface area contributed by atoms with Crippen molar-refractivity contribution in [2.75, 3.05) is 19.4 Å². The number of carbonyl (C=O) groups is 1. The summed E-state index contributed by atoms with van der Waals surface area (Å²) >= 11 is 0. The molecular weight excluding hydrogens is 404 g/mol. The number of nitrogen functional groups attached to an aromatic ring is 1. The summed E-state index contributed by atoms with van der Waals surface area (Å²) in [5.41, 5.74) is 6.77. The van der Waals surface area contributed by atoms with E-state index in [0.29, 0.717) is 24.5 Å². The molecule has 0 radical (unpaired) electrons. The molecule has 3 aromatic rings. The van der Waals surface area contributed by atoms with E-state index in [4.69, 9.17) is 10.5 Å². The number of anilines is 1. The van der Waals surface area contributed by atoms with Crippen molar-refractivity contribution >= 4 is 32.5 Å². The molecule has 9 heteroatoms. The number of hydrogen-bond acceptors (Lipinski definition) is 6. The maximum Gasteiger partial charge on any atom is 0.241 e. The zero-order chi connectivity index (χ0) is 21.3. The van der Waals surface area contributed by atoms with Crippen molar-refractivity contribution in [3.63, 3.8) is 0 Å². The molecule has 0 spiro atoms. The lowest BCUT2D eigenvalue weighted by atomic mass is 10.1. The summed E-state index contributed by atoms with van der Waals surface area (Å²) in [6.45, 7) is 0.723. The Hall–Kier alpha value is -3.17. The Morgan fingerprint density at radius 3 is 2.73 bits per heavy atom. The normalized spacial score (nSPS) is 16.9. The van der Waals surface area contributed by atoms with E-state index in [-0.39, 0.29) is 17.3 Å². The Labute approximate surface area is 174 Å². The number of ether oxygens (including phenoxy) is 1. The summed E-state index contributed by atoms with van der Waals surface area (Å²) < 4.78 is 33.1. The first-order valence-corrected chi connectivity index (χ1v) is 10.9. The van der Waals surface area contributed by atoms with Crippen LogP contribution in [0.5, 0.6) is 5.75 Å². The summed E-state index contributed by atoms with van der Waals surface area (Å²) in [4.78, 5) is 18.7. The van der Waals surface area contributed by atoms with Crippen LogP contribution in [-0.4, -0.2) is 43.9 Å². The number of carbonyl (C=O) groups excluding carboxylic acids is 1. The third-order valence-corrected chi connectivity index (χ3v) is 6.69. The highest BCUT2D eigenvalue weighted by Crippen LogP contribution is 2.30. The molecule has 0 bridgehead atoms. The molecule has 1 aromatic heterocycles. The number of aromatic nitrogens is 1. The van der Waals surface area contributed by atoms with Crippen LogP contribution in [0, 0.1) is 0 Å². The maximum atomic E-state index is 12.9. The molecule has 1 atom stereocenters. The molecule has 0 aliphatic carbocycles. The molecule has 1 fully saturated rings. The lowest BCUT2D eigenvalue weighted by Gasteiger charge is -2.19.